The Labute approximate surface area is 112 Å². The van der Waals surface area contributed by atoms with E-state index in [4.69, 9.17) is 11.6 Å². The van der Waals surface area contributed by atoms with Crippen LogP contribution in [0.4, 0.5) is 11.5 Å². The van der Waals surface area contributed by atoms with Crippen LogP contribution in [0.25, 0.3) is 0 Å². The molecular formula is C13H18ClN3O. The van der Waals surface area contributed by atoms with Gasteiger partial charge in [-0.15, -0.1) is 0 Å². The molecule has 0 saturated heterocycles. The van der Waals surface area contributed by atoms with Crippen molar-refractivity contribution in [2.75, 3.05) is 17.2 Å². The summed E-state index contributed by atoms with van der Waals surface area (Å²) >= 11 is 5.88. The average molecular weight is 268 g/mol. The summed E-state index contributed by atoms with van der Waals surface area (Å²) in [6.45, 7) is 7.00. The van der Waals surface area contributed by atoms with Crippen molar-refractivity contribution in [3.63, 3.8) is 0 Å². The third-order valence-corrected chi connectivity index (χ3v) is 3.06. The van der Waals surface area contributed by atoms with Gasteiger partial charge in [-0.05, 0) is 17.9 Å². The van der Waals surface area contributed by atoms with Crippen LogP contribution < -0.4 is 10.6 Å². The highest BCUT2D eigenvalue weighted by molar-refractivity contribution is 6.30. The van der Waals surface area contributed by atoms with Gasteiger partial charge in [0, 0.05) is 12.7 Å². The molecule has 1 aliphatic heterocycles. The minimum atomic E-state index is -0.0574. The van der Waals surface area contributed by atoms with E-state index in [0.29, 0.717) is 23.1 Å². The SMILES string of the molecule is CC(C)(C)CC1CNc2ncc(Cl)cc2NC1=O. The molecular weight excluding hydrogens is 250 g/mol. The van der Waals surface area contributed by atoms with E-state index < -0.39 is 0 Å². The van der Waals surface area contributed by atoms with Gasteiger partial charge in [-0.1, -0.05) is 32.4 Å². The number of carbonyl (C=O) groups is 1. The summed E-state index contributed by atoms with van der Waals surface area (Å²) in [5.41, 5.74) is 0.773. The van der Waals surface area contributed by atoms with E-state index in [1.807, 2.05) is 0 Å². The number of carbonyl (C=O) groups excluding carboxylic acids is 1. The van der Waals surface area contributed by atoms with Crippen molar-refractivity contribution in [2.45, 2.75) is 27.2 Å². The second-order valence-corrected chi connectivity index (χ2v) is 6.32. The van der Waals surface area contributed by atoms with Gasteiger partial charge in [-0.2, -0.15) is 0 Å². The number of nitrogens with zero attached hydrogens (tertiary/aromatic N) is 1. The monoisotopic (exact) mass is 267 g/mol. The molecule has 1 aliphatic rings. The second kappa shape index (κ2) is 4.76. The van der Waals surface area contributed by atoms with Crippen molar-refractivity contribution >= 4 is 29.0 Å². The summed E-state index contributed by atoms with van der Waals surface area (Å²) in [6, 6.07) is 1.72. The number of anilines is 2. The number of halogens is 1. The van der Waals surface area contributed by atoms with Crippen LogP contribution in [-0.2, 0) is 4.79 Å². The number of fused-ring (bicyclic) bond motifs is 1. The topological polar surface area (TPSA) is 54.0 Å². The fourth-order valence-corrected chi connectivity index (χ4v) is 2.28. The summed E-state index contributed by atoms with van der Waals surface area (Å²) in [5.74, 6) is 0.655. The first kappa shape index (κ1) is 13.1. The maximum Gasteiger partial charge on any atom is 0.229 e. The first-order valence-electron chi connectivity index (χ1n) is 6.05. The minimum absolute atomic E-state index is 0.0280. The molecule has 2 rings (SSSR count). The molecule has 4 nitrogen and oxygen atoms in total. The standard InChI is InChI=1S/C13H18ClN3O/c1-13(2,3)5-8-6-15-11-10(17-12(8)18)4-9(14)7-16-11/h4,7-8H,5-6H2,1-3H3,(H,15,16)(H,17,18). The van der Waals surface area contributed by atoms with Gasteiger partial charge in [0.2, 0.25) is 5.91 Å². The van der Waals surface area contributed by atoms with E-state index in [1.165, 1.54) is 0 Å². The third kappa shape index (κ3) is 3.13. The van der Waals surface area contributed by atoms with Gasteiger partial charge < -0.3 is 10.6 Å². The number of hydrogen-bond donors (Lipinski definition) is 2. The molecule has 0 saturated carbocycles. The zero-order chi connectivity index (χ0) is 13.3. The molecule has 1 aromatic rings. The van der Waals surface area contributed by atoms with E-state index in [2.05, 4.69) is 36.4 Å². The van der Waals surface area contributed by atoms with Crippen LogP contribution in [0.5, 0.6) is 0 Å². The lowest BCUT2D eigenvalue weighted by Crippen LogP contribution is -2.29. The van der Waals surface area contributed by atoms with Crippen molar-refractivity contribution in [3.8, 4) is 0 Å². The molecule has 1 unspecified atom stereocenters. The molecule has 0 fully saturated rings. The molecule has 0 aliphatic carbocycles. The van der Waals surface area contributed by atoms with Crippen LogP contribution >= 0.6 is 11.6 Å². The van der Waals surface area contributed by atoms with Crippen molar-refractivity contribution in [3.05, 3.63) is 17.3 Å². The van der Waals surface area contributed by atoms with Crippen LogP contribution in [0.1, 0.15) is 27.2 Å². The number of hydrogen-bond acceptors (Lipinski definition) is 3. The van der Waals surface area contributed by atoms with E-state index in [1.54, 1.807) is 12.3 Å². The highest BCUT2D eigenvalue weighted by Crippen LogP contribution is 2.30. The maximum absolute atomic E-state index is 12.1. The zero-order valence-electron chi connectivity index (χ0n) is 10.9. The average Bonchev–Trinajstić information content (AvgIpc) is 2.37. The van der Waals surface area contributed by atoms with Crippen molar-refractivity contribution in [1.82, 2.24) is 4.98 Å². The lowest BCUT2D eigenvalue weighted by atomic mass is 9.84. The number of rotatable bonds is 1. The molecule has 1 atom stereocenters. The predicted molar refractivity (Wildman–Crippen MR) is 73.9 cm³/mol. The molecule has 0 bridgehead atoms. The van der Waals surface area contributed by atoms with Crippen molar-refractivity contribution in [2.24, 2.45) is 11.3 Å². The molecule has 2 N–H and O–H groups in total. The Kier molecular flexibility index (Phi) is 3.48. The summed E-state index contributed by atoms with van der Waals surface area (Å²) < 4.78 is 0. The summed E-state index contributed by atoms with van der Waals surface area (Å²) in [4.78, 5) is 16.3. The summed E-state index contributed by atoms with van der Waals surface area (Å²) in [7, 11) is 0. The Balaban J connectivity index is 2.19. The Morgan fingerprint density at radius 1 is 1.50 bits per heavy atom. The normalized spacial score (nSPS) is 19.6. The summed E-state index contributed by atoms with van der Waals surface area (Å²) in [5, 5.41) is 6.61. The smallest absolute Gasteiger partial charge is 0.229 e. The van der Waals surface area contributed by atoms with E-state index >= 15 is 0 Å². The highest BCUT2D eigenvalue weighted by atomic mass is 35.5. The van der Waals surface area contributed by atoms with Crippen molar-refractivity contribution < 1.29 is 4.79 Å². The Bertz CT molecular complexity index is 468. The Morgan fingerprint density at radius 2 is 2.22 bits per heavy atom. The fourth-order valence-electron chi connectivity index (χ4n) is 2.13. The molecule has 0 radical (unpaired) electrons. The second-order valence-electron chi connectivity index (χ2n) is 5.88. The van der Waals surface area contributed by atoms with Crippen LogP contribution in [0.15, 0.2) is 12.3 Å². The Hall–Kier alpha value is -1.29. The third-order valence-electron chi connectivity index (χ3n) is 2.86. The van der Waals surface area contributed by atoms with Gasteiger partial charge in [-0.25, -0.2) is 4.98 Å². The van der Waals surface area contributed by atoms with Crippen molar-refractivity contribution in [1.29, 1.82) is 0 Å². The number of nitrogens with one attached hydrogen (secondary N) is 2. The molecule has 0 aromatic carbocycles. The molecule has 5 heteroatoms. The molecule has 18 heavy (non-hydrogen) atoms. The molecule has 0 spiro atoms. The van der Waals surface area contributed by atoms with Gasteiger partial charge in [0.15, 0.2) is 0 Å². The Morgan fingerprint density at radius 3 is 2.89 bits per heavy atom. The van der Waals surface area contributed by atoms with E-state index in [9.17, 15) is 4.79 Å². The predicted octanol–water partition coefficient (Wildman–Crippen LogP) is 3.15. The summed E-state index contributed by atoms with van der Waals surface area (Å²) in [6.07, 6.45) is 2.40. The van der Waals surface area contributed by atoms with Gasteiger partial charge in [0.25, 0.3) is 0 Å². The quantitative estimate of drug-likeness (QED) is 0.822. The zero-order valence-corrected chi connectivity index (χ0v) is 11.6. The first-order valence-corrected chi connectivity index (χ1v) is 6.43. The van der Waals surface area contributed by atoms with Gasteiger partial charge >= 0.3 is 0 Å². The van der Waals surface area contributed by atoms with E-state index in [0.717, 1.165) is 6.42 Å². The minimum Gasteiger partial charge on any atom is -0.368 e. The fraction of sp³-hybridized carbons (Fsp3) is 0.538. The highest BCUT2D eigenvalue weighted by Gasteiger charge is 2.28. The lowest BCUT2D eigenvalue weighted by Gasteiger charge is -2.23. The molecule has 98 valence electrons. The number of aromatic nitrogens is 1. The van der Waals surface area contributed by atoms with Crippen LogP contribution in [0.3, 0.4) is 0 Å². The number of pyridine rings is 1. The molecule has 2 heterocycles. The van der Waals surface area contributed by atoms with Crippen LogP contribution in [0, 0.1) is 11.3 Å². The first-order chi connectivity index (χ1) is 8.35. The van der Waals surface area contributed by atoms with Gasteiger partial charge in [-0.3, -0.25) is 4.79 Å². The molecule has 1 amide bonds. The van der Waals surface area contributed by atoms with Gasteiger partial charge in [0.1, 0.15) is 5.82 Å². The maximum atomic E-state index is 12.1. The van der Waals surface area contributed by atoms with Crippen LogP contribution in [0.2, 0.25) is 5.02 Å². The lowest BCUT2D eigenvalue weighted by molar-refractivity contribution is -0.120. The van der Waals surface area contributed by atoms with E-state index in [-0.39, 0.29) is 17.2 Å². The van der Waals surface area contributed by atoms with Crippen LogP contribution in [-0.4, -0.2) is 17.4 Å². The molecule has 1 aromatic heterocycles. The van der Waals surface area contributed by atoms with Gasteiger partial charge in [0.05, 0.1) is 16.6 Å². The number of amides is 1. The largest absolute Gasteiger partial charge is 0.368 e.